The van der Waals surface area contributed by atoms with Crippen molar-refractivity contribution in [3.63, 3.8) is 0 Å². The van der Waals surface area contributed by atoms with E-state index in [4.69, 9.17) is 5.14 Å². The number of nitrogens with zero attached hydrogens (tertiary/aromatic N) is 2. The monoisotopic (exact) mass is 402 g/mol. The molecule has 28 heavy (non-hydrogen) atoms. The summed E-state index contributed by atoms with van der Waals surface area (Å²) in [5, 5.41) is 20.8. The van der Waals surface area contributed by atoms with E-state index in [0.29, 0.717) is 0 Å². The molecule has 1 heterocycles. The van der Waals surface area contributed by atoms with Crippen molar-refractivity contribution >= 4 is 38.4 Å². The minimum Gasteiger partial charge on any atom is -0.476 e. The van der Waals surface area contributed by atoms with Crippen molar-refractivity contribution in [1.82, 2.24) is 9.78 Å². The number of primary sulfonamides is 1. The zero-order chi connectivity index (χ0) is 20.5. The molecule has 0 saturated heterocycles. The average molecular weight is 402 g/mol. The lowest BCUT2D eigenvalue weighted by atomic mass is 10.1. The van der Waals surface area contributed by atoms with Crippen molar-refractivity contribution in [2.24, 2.45) is 5.14 Å². The fourth-order valence-electron chi connectivity index (χ4n) is 2.59. The topological polar surface area (TPSA) is 161 Å². The number of carbonyl (C=O) groups is 2. The predicted molar refractivity (Wildman–Crippen MR) is 99.4 cm³/mol. The first-order chi connectivity index (χ1) is 13.2. The number of anilines is 1. The first kappa shape index (κ1) is 19.2. The molecule has 0 saturated carbocycles. The van der Waals surface area contributed by atoms with Crippen molar-refractivity contribution in [2.45, 2.75) is 11.4 Å². The average Bonchev–Trinajstić information content (AvgIpc) is 2.63. The number of carboxylic acid groups (broad SMARTS) is 1. The highest BCUT2D eigenvalue weighted by Gasteiger charge is 2.17. The first-order valence-electron chi connectivity index (χ1n) is 7.82. The standard InChI is InChI=1S/C17H14N4O6S/c18-28(26,27)11-5-3-4-10(8-11)19-14(22)9-21-16(23)13-7-2-1-6-12(13)15(20-21)17(24)25/h1-8H,9H2,(H,19,22)(H,24,25)(H2,18,26,27). The number of aromatic carboxylic acids is 1. The van der Waals surface area contributed by atoms with Gasteiger partial charge in [0.05, 0.1) is 10.3 Å². The van der Waals surface area contributed by atoms with Crippen LogP contribution in [0.5, 0.6) is 0 Å². The van der Waals surface area contributed by atoms with Gasteiger partial charge in [0, 0.05) is 11.1 Å². The third-order valence-corrected chi connectivity index (χ3v) is 4.72. The zero-order valence-electron chi connectivity index (χ0n) is 14.2. The van der Waals surface area contributed by atoms with E-state index < -0.39 is 34.0 Å². The number of aromatic nitrogens is 2. The molecule has 144 valence electrons. The lowest BCUT2D eigenvalue weighted by molar-refractivity contribution is -0.117. The maximum absolute atomic E-state index is 12.5. The SMILES string of the molecule is NS(=O)(=O)c1cccc(NC(=O)Cn2nc(C(=O)O)c3ccccc3c2=O)c1. The second-order valence-corrected chi connectivity index (χ2v) is 7.34. The number of fused-ring (bicyclic) bond motifs is 1. The van der Waals surface area contributed by atoms with Gasteiger partial charge in [-0.2, -0.15) is 5.10 Å². The van der Waals surface area contributed by atoms with Crippen molar-refractivity contribution < 1.29 is 23.1 Å². The summed E-state index contributed by atoms with van der Waals surface area (Å²) in [7, 11) is -3.95. The van der Waals surface area contributed by atoms with Crippen molar-refractivity contribution in [1.29, 1.82) is 0 Å². The lowest BCUT2D eigenvalue weighted by Gasteiger charge is -2.10. The maximum Gasteiger partial charge on any atom is 0.357 e. The minimum atomic E-state index is -3.95. The highest BCUT2D eigenvalue weighted by Crippen LogP contribution is 2.15. The van der Waals surface area contributed by atoms with Gasteiger partial charge in [-0.1, -0.05) is 24.3 Å². The fraction of sp³-hybridized carbons (Fsp3) is 0.0588. The number of carboxylic acids is 1. The van der Waals surface area contributed by atoms with Crippen molar-refractivity contribution in [3.8, 4) is 0 Å². The van der Waals surface area contributed by atoms with Gasteiger partial charge >= 0.3 is 5.97 Å². The van der Waals surface area contributed by atoms with Crippen LogP contribution < -0.4 is 16.0 Å². The Bertz CT molecular complexity index is 1270. The molecule has 2 aromatic carbocycles. The Morgan fingerprint density at radius 1 is 1.11 bits per heavy atom. The van der Waals surface area contributed by atoms with Crippen LogP contribution in [0.2, 0.25) is 0 Å². The van der Waals surface area contributed by atoms with Crippen molar-refractivity contribution in [2.75, 3.05) is 5.32 Å². The molecule has 10 nitrogen and oxygen atoms in total. The van der Waals surface area contributed by atoms with Crippen LogP contribution in [0.1, 0.15) is 10.5 Å². The van der Waals surface area contributed by atoms with E-state index in [1.54, 1.807) is 12.1 Å². The molecule has 0 atom stereocenters. The van der Waals surface area contributed by atoms with Gasteiger partial charge in [-0.15, -0.1) is 0 Å². The van der Waals surface area contributed by atoms with Gasteiger partial charge in [0.25, 0.3) is 5.56 Å². The first-order valence-corrected chi connectivity index (χ1v) is 9.37. The highest BCUT2D eigenvalue weighted by atomic mass is 32.2. The molecule has 11 heteroatoms. The summed E-state index contributed by atoms with van der Waals surface area (Å²) in [6.45, 7) is -0.566. The van der Waals surface area contributed by atoms with Gasteiger partial charge in [-0.25, -0.2) is 23.0 Å². The maximum atomic E-state index is 12.5. The Morgan fingerprint density at radius 3 is 2.43 bits per heavy atom. The normalized spacial score (nSPS) is 11.3. The molecule has 3 rings (SSSR count). The van der Waals surface area contributed by atoms with E-state index in [-0.39, 0.29) is 27.0 Å². The van der Waals surface area contributed by atoms with Crippen LogP contribution in [0.25, 0.3) is 10.8 Å². The molecule has 0 fully saturated rings. The Morgan fingerprint density at radius 2 is 1.79 bits per heavy atom. The van der Waals surface area contributed by atoms with E-state index in [9.17, 15) is 27.9 Å². The van der Waals surface area contributed by atoms with E-state index in [1.807, 2.05) is 0 Å². The molecule has 0 radical (unpaired) electrons. The molecule has 0 spiro atoms. The molecule has 3 aromatic rings. The van der Waals surface area contributed by atoms with Crippen LogP contribution in [0.3, 0.4) is 0 Å². The van der Waals surface area contributed by atoms with Crippen LogP contribution in [-0.4, -0.2) is 35.2 Å². The van der Waals surface area contributed by atoms with Gasteiger partial charge in [-0.05, 0) is 24.3 Å². The summed E-state index contributed by atoms with van der Waals surface area (Å²) in [6, 6.07) is 11.3. The molecular formula is C17H14N4O6S. The number of nitrogens with two attached hydrogens (primary N) is 1. The summed E-state index contributed by atoms with van der Waals surface area (Å²) in [4.78, 5) is 36.0. The molecule has 0 aliphatic carbocycles. The van der Waals surface area contributed by atoms with E-state index in [0.717, 1.165) is 10.7 Å². The quantitative estimate of drug-likeness (QED) is 0.556. The Hall–Kier alpha value is -3.57. The van der Waals surface area contributed by atoms with E-state index in [1.165, 1.54) is 30.3 Å². The third kappa shape index (κ3) is 3.89. The molecule has 0 aliphatic rings. The van der Waals surface area contributed by atoms with Gasteiger partial charge < -0.3 is 10.4 Å². The van der Waals surface area contributed by atoms with Gasteiger partial charge in [-0.3, -0.25) is 9.59 Å². The molecule has 4 N–H and O–H groups in total. The van der Waals surface area contributed by atoms with Crippen LogP contribution in [0, 0.1) is 0 Å². The summed E-state index contributed by atoms with van der Waals surface area (Å²) >= 11 is 0. The van der Waals surface area contributed by atoms with Gasteiger partial charge in [0.15, 0.2) is 5.69 Å². The van der Waals surface area contributed by atoms with Crippen LogP contribution in [0.15, 0.2) is 58.2 Å². The van der Waals surface area contributed by atoms with Crippen LogP contribution in [-0.2, 0) is 21.4 Å². The number of amides is 1. The summed E-state index contributed by atoms with van der Waals surface area (Å²) in [6.07, 6.45) is 0. The number of benzene rings is 2. The number of sulfonamides is 1. The number of carbonyl (C=O) groups excluding carboxylic acids is 1. The molecule has 0 unspecified atom stereocenters. The Kier molecular flexibility index (Phi) is 4.94. The minimum absolute atomic E-state index is 0.110. The summed E-state index contributed by atoms with van der Waals surface area (Å²) < 4.78 is 23.5. The van der Waals surface area contributed by atoms with E-state index >= 15 is 0 Å². The smallest absolute Gasteiger partial charge is 0.357 e. The third-order valence-electron chi connectivity index (χ3n) is 3.81. The zero-order valence-corrected chi connectivity index (χ0v) is 15.0. The molecular weight excluding hydrogens is 388 g/mol. The molecule has 0 bridgehead atoms. The number of rotatable bonds is 5. The number of hydrogen-bond donors (Lipinski definition) is 3. The molecule has 1 aromatic heterocycles. The van der Waals surface area contributed by atoms with Gasteiger partial charge in [0.2, 0.25) is 15.9 Å². The van der Waals surface area contributed by atoms with E-state index in [2.05, 4.69) is 10.4 Å². The fourth-order valence-corrected chi connectivity index (χ4v) is 3.15. The van der Waals surface area contributed by atoms with Crippen LogP contribution in [0.4, 0.5) is 5.69 Å². The molecule has 1 amide bonds. The summed E-state index contributed by atoms with van der Waals surface area (Å²) in [5.41, 5.74) is -0.850. The predicted octanol–water partition coefficient (Wildman–Crippen LogP) is 0.381. The number of nitrogens with one attached hydrogen (secondary N) is 1. The second-order valence-electron chi connectivity index (χ2n) is 5.78. The Labute approximate surface area is 158 Å². The highest BCUT2D eigenvalue weighted by molar-refractivity contribution is 7.89. The second kappa shape index (κ2) is 7.21. The van der Waals surface area contributed by atoms with Crippen molar-refractivity contribution in [3.05, 3.63) is 64.6 Å². The number of hydrogen-bond acceptors (Lipinski definition) is 6. The summed E-state index contributed by atoms with van der Waals surface area (Å²) in [5.74, 6) is -2.04. The Balaban J connectivity index is 1.93. The largest absolute Gasteiger partial charge is 0.476 e. The van der Waals surface area contributed by atoms with Crippen LogP contribution >= 0.6 is 0 Å². The lowest BCUT2D eigenvalue weighted by Crippen LogP contribution is -2.31. The van der Waals surface area contributed by atoms with Gasteiger partial charge in [0.1, 0.15) is 6.54 Å². The molecule has 0 aliphatic heterocycles.